The highest BCUT2D eigenvalue weighted by Crippen LogP contribution is 2.11. The molecule has 0 unspecified atom stereocenters. The fourth-order valence-electron chi connectivity index (χ4n) is 1.40. The van der Waals surface area contributed by atoms with E-state index in [1.54, 1.807) is 0 Å². The molecule has 78 valence electrons. The molecule has 4 heteroatoms. The summed E-state index contributed by atoms with van der Waals surface area (Å²) in [5, 5.41) is 2.83. The van der Waals surface area contributed by atoms with E-state index < -0.39 is 0 Å². The third-order valence-electron chi connectivity index (χ3n) is 2.17. The monoisotopic (exact) mass is 195 g/mol. The number of carbonyl (C=O) groups excluding carboxylic acids is 1. The Morgan fingerprint density at radius 1 is 1.57 bits per heavy atom. The Hall–Kier alpha value is -1.29. The van der Waals surface area contributed by atoms with Crippen LogP contribution in [0.3, 0.4) is 0 Å². The van der Waals surface area contributed by atoms with Crippen LogP contribution < -0.4 is 11.1 Å². The minimum absolute atomic E-state index is 0.0188. The van der Waals surface area contributed by atoms with E-state index in [0.29, 0.717) is 13.1 Å². The van der Waals surface area contributed by atoms with Crippen molar-refractivity contribution in [2.24, 2.45) is 5.73 Å². The third kappa shape index (κ3) is 2.35. The van der Waals surface area contributed by atoms with Gasteiger partial charge in [0.2, 0.25) is 0 Å². The second kappa shape index (κ2) is 4.81. The second-order valence-corrected chi connectivity index (χ2v) is 3.37. The number of amides is 1. The summed E-state index contributed by atoms with van der Waals surface area (Å²) in [5.74, 6) is -0.0188. The lowest BCUT2D eigenvalue weighted by molar-refractivity contribution is 0.0952. The maximum absolute atomic E-state index is 11.7. The smallest absolute Gasteiger partial charge is 0.253 e. The highest BCUT2D eigenvalue weighted by Gasteiger charge is 2.12. The summed E-state index contributed by atoms with van der Waals surface area (Å²) in [6.07, 6.45) is 2.65. The fourth-order valence-corrected chi connectivity index (χ4v) is 1.40. The summed E-state index contributed by atoms with van der Waals surface area (Å²) in [4.78, 5) is 14.7. The molecule has 1 aromatic rings. The average Bonchev–Trinajstić information content (AvgIpc) is 2.46. The topological polar surface area (TPSA) is 70.9 Å². The van der Waals surface area contributed by atoms with Crippen molar-refractivity contribution >= 4 is 5.91 Å². The lowest BCUT2D eigenvalue weighted by atomic mass is 10.1. The van der Waals surface area contributed by atoms with Gasteiger partial charge in [0.05, 0.1) is 5.56 Å². The zero-order valence-corrected chi connectivity index (χ0v) is 8.68. The van der Waals surface area contributed by atoms with Crippen LogP contribution in [0.1, 0.15) is 28.0 Å². The number of aromatic nitrogens is 1. The molecule has 0 fully saturated rings. The second-order valence-electron chi connectivity index (χ2n) is 3.37. The van der Waals surface area contributed by atoms with Gasteiger partial charge in [-0.15, -0.1) is 0 Å². The first-order valence-corrected chi connectivity index (χ1v) is 4.79. The first-order valence-electron chi connectivity index (χ1n) is 4.79. The van der Waals surface area contributed by atoms with Crippen LogP contribution >= 0.6 is 0 Å². The minimum Gasteiger partial charge on any atom is -0.364 e. The molecule has 1 amide bonds. The van der Waals surface area contributed by atoms with Crippen LogP contribution in [0.15, 0.2) is 6.20 Å². The zero-order valence-electron chi connectivity index (χ0n) is 8.68. The van der Waals surface area contributed by atoms with Crippen LogP contribution in [0.2, 0.25) is 0 Å². The van der Waals surface area contributed by atoms with Crippen molar-refractivity contribution in [2.45, 2.75) is 20.3 Å². The van der Waals surface area contributed by atoms with Crippen LogP contribution in [0, 0.1) is 13.8 Å². The Kier molecular flexibility index (Phi) is 3.71. The van der Waals surface area contributed by atoms with Gasteiger partial charge in [-0.25, -0.2) is 0 Å². The summed E-state index contributed by atoms with van der Waals surface area (Å²) in [5.41, 5.74) is 7.98. The van der Waals surface area contributed by atoms with Gasteiger partial charge in [-0.05, 0) is 32.4 Å². The Labute approximate surface area is 83.9 Å². The van der Waals surface area contributed by atoms with Crippen molar-refractivity contribution in [3.63, 3.8) is 0 Å². The van der Waals surface area contributed by atoms with E-state index in [1.807, 2.05) is 20.0 Å². The highest BCUT2D eigenvalue weighted by molar-refractivity contribution is 5.96. The third-order valence-corrected chi connectivity index (χ3v) is 2.17. The quantitative estimate of drug-likeness (QED) is 0.619. The molecule has 0 radical (unpaired) electrons. The van der Waals surface area contributed by atoms with Crippen LogP contribution in [0.5, 0.6) is 0 Å². The molecule has 4 N–H and O–H groups in total. The molecule has 0 aliphatic carbocycles. The van der Waals surface area contributed by atoms with Crippen molar-refractivity contribution < 1.29 is 4.79 Å². The van der Waals surface area contributed by atoms with Gasteiger partial charge in [-0.3, -0.25) is 4.79 Å². The molecule has 0 saturated heterocycles. The Morgan fingerprint density at radius 2 is 2.29 bits per heavy atom. The van der Waals surface area contributed by atoms with E-state index in [-0.39, 0.29) is 5.91 Å². The number of hydrogen-bond donors (Lipinski definition) is 3. The standard InChI is InChI=1S/C10H17N3O/c1-7-6-13-8(2)9(7)10(14)12-5-3-4-11/h6,13H,3-5,11H2,1-2H3,(H,12,14). The van der Waals surface area contributed by atoms with Crippen molar-refractivity contribution in [1.82, 2.24) is 10.3 Å². The van der Waals surface area contributed by atoms with Crippen molar-refractivity contribution in [3.05, 3.63) is 23.0 Å². The van der Waals surface area contributed by atoms with E-state index in [2.05, 4.69) is 10.3 Å². The molecule has 4 nitrogen and oxygen atoms in total. The number of nitrogens with two attached hydrogens (primary N) is 1. The molecule has 0 saturated carbocycles. The van der Waals surface area contributed by atoms with Crippen molar-refractivity contribution in [1.29, 1.82) is 0 Å². The first kappa shape index (κ1) is 10.8. The van der Waals surface area contributed by atoms with Gasteiger partial charge in [0.15, 0.2) is 0 Å². The minimum atomic E-state index is -0.0188. The molecule has 0 aliphatic rings. The van der Waals surface area contributed by atoms with E-state index in [9.17, 15) is 4.79 Å². The van der Waals surface area contributed by atoms with Gasteiger partial charge >= 0.3 is 0 Å². The Morgan fingerprint density at radius 3 is 2.79 bits per heavy atom. The predicted octanol–water partition coefficient (Wildman–Crippen LogP) is 0.710. The summed E-state index contributed by atoms with van der Waals surface area (Å²) in [7, 11) is 0. The molecule has 0 bridgehead atoms. The molecule has 0 aromatic carbocycles. The number of nitrogens with one attached hydrogen (secondary N) is 2. The number of rotatable bonds is 4. The van der Waals surface area contributed by atoms with Crippen molar-refractivity contribution in [3.8, 4) is 0 Å². The molecule has 0 spiro atoms. The van der Waals surface area contributed by atoms with Gasteiger partial charge in [-0.1, -0.05) is 0 Å². The molecule has 1 aromatic heterocycles. The van der Waals surface area contributed by atoms with Gasteiger partial charge in [0.25, 0.3) is 5.91 Å². The van der Waals surface area contributed by atoms with E-state index in [4.69, 9.17) is 5.73 Å². The molecule has 1 heterocycles. The molecule has 14 heavy (non-hydrogen) atoms. The van der Waals surface area contributed by atoms with Gasteiger partial charge in [-0.2, -0.15) is 0 Å². The van der Waals surface area contributed by atoms with Crippen LogP contribution in [0.4, 0.5) is 0 Å². The van der Waals surface area contributed by atoms with E-state index >= 15 is 0 Å². The van der Waals surface area contributed by atoms with Gasteiger partial charge < -0.3 is 16.0 Å². The summed E-state index contributed by atoms with van der Waals surface area (Å²) < 4.78 is 0. The lowest BCUT2D eigenvalue weighted by Crippen LogP contribution is -2.26. The van der Waals surface area contributed by atoms with Crippen molar-refractivity contribution in [2.75, 3.05) is 13.1 Å². The Balaban J connectivity index is 2.60. The number of aromatic amines is 1. The molecule has 1 rings (SSSR count). The predicted molar refractivity (Wildman–Crippen MR) is 56.3 cm³/mol. The summed E-state index contributed by atoms with van der Waals surface area (Å²) >= 11 is 0. The normalized spacial score (nSPS) is 10.2. The zero-order chi connectivity index (χ0) is 10.6. The number of carbonyl (C=O) groups is 1. The molecular weight excluding hydrogens is 178 g/mol. The van der Waals surface area contributed by atoms with E-state index in [1.165, 1.54) is 0 Å². The maximum atomic E-state index is 11.7. The largest absolute Gasteiger partial charge is 0.364 e. The lowest BCUT2D eigenvalue weighted by Gasteiger charge is -2.04. The first-order chi connectivity index (χ1) is 6.66. The van der Waals surface area contributed by atoms with Crippen LogP contribution in [-0.2, 0) is 0 Å². The number of H-pyrrole nitrogens is 1. The molecular formula is C10H17N3O. The number of hydrogen-bond acceptors (Lipinski definition) is 2. The Bertz CT molecular complexity index is 298. The highest BCUT2D eigenvalue weighted by atomic mass is 16.1. The van der Waals surface area contributed by atoms with Crippen LogP contribution in [0.25, 0.3) is 0 Å². The maximum Gasteiger partial charge on any atom is 0.253 e. The van der Waals surface area contributed by atoms with E-state index in [0.717, 1.165) is 23.2 Å². The average molecular weight is 195 g/mol. The SMILES string of the molecule is Cc1c[nH]c(C)c1C(=O)NCCCN. The summed E-state index contributed by atoms with van der Waals surface area (Å²) in [6.45, 7) is 5.05. The van der Waals surface area contributed by atoms with Crippen LogP contribution in [-0.4, -0.2) is 24.0 Å². The molecule has 0 atom stereocenters. The number of aryl methyl sites for hydroxylation is 2. The van der Waals surface area contributed by atoms with Gasteiger partial charge in [0, 0.05) is 18.4 Å². The fraction of sp³-hybridized carbons (Fsp3) is 0.500. The molecule has 0 aliphatic heterocycles. The van der Waals surface area contributed by atoms with Gasteiger partial charge in [0.1, 0.15) is 0 Å². The summed E-state index contributed by atoms with van der Waals surface area (Å²) in [6, 6.07) is 0.